The normalized spacial score (nSPS) is 11.9. The third-order valence-electron chi connectivity index (χ3n) is 6.13. The predicted octanol–water partition coefficient (Wildman–Crippen LogP) is 2.84. The molecule has 0 fully saturated rings. The van der Waals surface area contributed by atoms with Gasteiger partial charge in [-0.25, -0.2) is 18.9 Å². The Balaban J connectivity index is 1.47. The average Bonchev–Trinajstić information content (AvgIpc) is 3.63. The zero-order valence-electron chi connectivity index (χ0n) is 21.2. The lowest BCUT2D eigenvalue weighted by atomic mass is 10.2. The van der Waals surface area contributed by atoms with Crippen LogP contribution in [0.5, 0.6) is 0 Å². The Hall–Kier alpha value is -5.35. The molecule has 40 heavy (non-hydrogen) atoms. The third-order valence-corrected chi connectivity index (χ3v) is 7.00. The Labute approximate surface area is 229 Å². The van der Waals surface area contributed by atoms with E-state index >= 15 is 0 Å². The summed E-state index contributed by atoms with van der Waals surface area (Å²) in [4.78, 5) is 36.7. The number of benzene rings is 1. The van der Waals surface area contributed by atoms with E-state index < -0.39 is 23.3 Å². The number of hydrogen-bond acceptors (Lipinski definition) is 8. The number of amides is 1. The van der Waals surface area contributed by atoms with Crippen LogP contribution in [-0.4, -0.2) is 39.8 Å². The molecule has 13 heteroatoms. The van der Waals surface area contributed by atoms with E-state index in [9.17, 15) is 14.0 Å². The second-order valence-corrected chi connectivity index (χ2v) is 9.77. The van der Waals surface area contributed by atoms with E-state index in [1.165, 1.54) is 44.8 Å². The van der Waals surface area contributed by atoms with Crippen LogP contribution < -0.4 is 16.6 Å². The highest BCUT2D eigenvalue weighted by Crippen LogP contribution is 2.26. The van der Waals surface area contributed by atoms with Gasteiger partial charge in [-0.1, -0.05) is 17.9 Å². The summed E-state index contributed by atoms with van der Waals surface area (Å²) in [6, 6.07) is 6.47. The lowest BCUT2D eigenvalue weighted by Crippen LogP contribution is -2.33. The van der Waals surface area contributed by atoms with Crippen LogP contribution in [0.15, 0.2) is 65.3 Å². The molecule has 0 radical (unpaired) electrons. The maximum Gasteiger partial charge on any atom is 0.268 e. The van der Waals surface area contributed by atoms with Crippen LogP contribution in [0.4, 0.5) is 10.2 Å². The molecule has 0 bridgehead atoms. The van der Waals surface area contributed by atoms with Crippen molar-refractivity contribution in [3.05, 3.63) is 99.2 Å². The van der Waals surface area contributed by atoms with Crippen LogP contribution in [0.3, 0.4) is 0 Å². The predicted molar refractivity (Wildman–Crippen MR) is 148 cm³/mol. The van der Waals surface area contributed by atoms with Crippen molar-refractivity contribution < 1.29 is 9.18 Å². The molecule has 3 N–H and O–H groups in total. The number of aromatic nitrogens is 7. The molecular weight excluding hydrogens is 533 g/mol. The molecule has 1 aromatic carbocycles. The van der Waals surface area contributed by atoms with E-state index in [2.05, 4.69) is 32.3 Å². The van der Waals surface area contributed by atoms with E-state index in [1.807, 2.05) is 0 Å². The number of aryl methyl sites for hydroxylation is 1. The molecule has 1 atom stereocenters. The molecule has 1 amide bonds. The summed E-state index contributed by atoms with van der Waals surface area (Å²) in [5.41, 5.74) is 7.38. The summed E-state index contributed by atoms with van der Waals surface area (Å²) in [6.45, 7) is 1.67. The molecule has 0 aliphatic carbocycles. The van der Waals surface area contributed by atoms with Crippen molar-refractivity contribution in [2.75, 3.05) is 5.73 Å². The number of halogens is 1. The highest BCUT2D eigenvalue weighted by molar-refractivity contribution is 7.17. The van der Waals surface area contributed by atoms with Crippen LogP contribution in [0.2, 0.25) is 0 Å². The van der Waals surface area contributed by atoms with Gasteiger partial charge >= 0.3 is 0 Å². The SMILES string of the molecule is C[C@H](NC(=O)c1c(N)nn2cccnc12)c1nc2scc(C#Cc3cnn(C)c3)c2c(=O)n1-c1cccc(F)c1. The van der Waals surface area contributed by atoms with Gasteiger partial charge < -0.3 is 11.1 Å². The smallest absolute Gasteiger partial charge is 0.268 e. The molecule has 0 saturated heterocycles. The number of anilines is 1. The zero-order valence-corrected chi connectivity index (χ0v) is 22.0. The Morgan fingerprint density at radius 3 is 2.88 bits per heavy atom. The van der Waals surface area contributed by atoms with E-state index in [0.717, 1.165) is 0 Å². The van der Waals surface area contributed by atoms with Crippen molar-refractivity contribution >= 4 is 38.9 Å². The summed E-state index contributed by atoms with van der Waals surface area (Å²) in [6.07, 6.45) is 6.54. The zero-order chi connectivity index (χ0) is 28.0. The Morgan fingerprint density at radius 1 is 1.25 bits per heavy atom. The molecule has 5 aromatic heterocycles. The summed E-state index contributed by atoms with van der Waals surface area (Å²) in [5, 5.41) is 13.1. The fourth-order valence-electron chi connectivity index (χ4n) is 4.33. The van der Waals surface area contributed by atoms with E-state index in [-0.39, 0.29) is 28.5 Å². The number of hydrogen-bond donors (Lipinski definition) is 2. The van der Waals surface area contributed by atoms with Crippen molar-refractivity contribution in [3.8, 4) is 17.5 Å². The molecule has 0 aliphatic heterocycles. The van der Waals surface area contributed by atoms with Crippen LogP contribution in [0, 0.1) is 17.7 Å². The standard InChI is InChI=1S/C27H20FN9O2S/c1-15(32-25(38)21-22(29)34-36-10-4-9-30-24(21)36)23-33-26-20(27(39)37(23)19-6-3-5-18(28)11-19)17(14-40-26)8-7-16-12-31-35(2)13-16/h3-6,9-15H,1-2H3,(H2,29,34)(H,32,38)/t15-/m0/s1. The first-order chi connectivity index (χ1) is 19.3. The van der Waals surface area contributed by atoms with Crippen molar-refractivity contribution in [1.82, 2.24) is 39.2 Å². The number of thiophene rings is 1. The second kappa shape index (κ2) is 9.75. The fourth-order valence-corrected chi connectivity index (χ4v) is 5.20. The number of nitrogen functional groups attached to an aromatic ring is 1. The molecule has 0 unspecified atom stereocenters. The van der Waals surface area contributed by atoms with Crippen molar-refractivity contribution in [2.45, 2.75) is 13.0 Å². The monoisotopic (exact) mass is 553 g/mol. The van der Waals surface area contributed by atoms with Gasteiger partial charge in [0, 0.05) is 31.0 Å². The Bertz CT molecular complexity index is 2060. The fraction of sp³-hybridized carbons (Fsp3) is 0.111. The minimum Gasteiger partial charge on any atom is -0.381 e. The number of rotatable bonds is 4. The van der Waals surface area contributed by atoms with Crippen molar-refractivity contribution in [3.63, 3.8) is 0 Å². The van der Waals surface area contributed by atoms with Crippen molar-refractivity contribution in [1.29, 1.82) is 0 Å². The van der Waals surface area contributed by atoms with Gasteiger partial charge in [0.25, 0.3) is 11.5 Å². The van der Waals surface area contributed by atoms with Crippen molar-refractivity contribution in [2.24, 2.45) is 7.05 Å². The van der Waals surface area contributed by atoms with Crippen LogP contribution in [-0.2, 0) is 7.05 Å². The van der Waals surface area contributed by atoms with Crippen LogP contribution in [0.25, 0.3) is 21.6 Å². The lowest BCUT2D eigenvalue weighted by Gasteiger charge is -2.19. The number of carbonyl (C=O) groups is 1. The number of carbonyl (C=O) groups excluding carboxylic acids is 1. The molecule has 6 rings (SSSR count). The van der Waals surface area contributed by atoms with Gasteiger partial charge in [-0.15, -0.1) is 16.4 Å². The molecule has 0 aliphatic rings. The molecule has 0 saturated carbocycles. The quantitative estimate of drug-likeness (QED) is 0.320. The first-order valence-electron chi connectivity index (χ1n) is 12.0. The Morgan fingerprint density at radius 2 is 2.10 bits per heavy atom. The van der Waals surface area contributed by atoms with E-state index in [0.29, 0.717) is 21.3 Å². The summed E-state index contributed by atoms with van der Waals surface area (Å²) >= 11 is 1.25. The minimum atomic E-state index is -0.794. The highest BCUT2D eigenvalue weighted by Gasteiger charge is 2.25. The van der Waals surface area contributed by atoms with Gasteiger partial charge in [0.1, 0.15) is 22.0 Å². The van der Waals surface area contributed by atoms with Gasteiger partial charge in [-0.2, -0.15) is 5.10 Å². The molecular formula is C27H20FN9O2S. The number of nitrogens with one attached hydrogen (secondary N) is 1. The maximum absolute atomic E-state index is 14.3. The molecule has 11 nitrogen and oxygen atoms in total. The average molecular weight is 554 g/mol. The molecule has 6 aromatic rings. The topological polar surface area (TPSA) is 138 Å². The molecule has 5 heterocycles. The molecule has 198 valence electrons. The van der Waals surface area contributed by atoms with Gasteiger partial charge in [0.2, 0.25) is 0 Å². The Kier molecular flexibility index (Phi) is 6.08. The summed E-state index contributed by atoms with van der Waals surface area (Å²) in [7, 11) is 1.79. The maximum atomic E-state index is 14.3. The third kappa shape index (κ3) is 4.36. The number of fused-ring (bicyclic) bond motifs is 2. The first kappa shape index (κ1) is 25.0. The van der Waals surface area contributed by atoms with Gasteiger partial charge in [-0.3, -0.25) is 18.8 Å². The first-order valence-corrected chi connectivity index (χ1v) is 12.9. The molecule has 0 spiro atoms. The van der Waals surface area contributed by atoms with E-state index in [4.69, 9.17) is 10.7 Å². The highest BCUT2D eigenvalue weighted by atomic mass is 32.1. The van der Waals surface area contributed by atoms with E-state index in [1.54, 1.807) is 54.8 Å². The minimum absolute atomic E-state index is 0.00409. The second-order valence-electron chi connectivity index (χ2n) is 8.92. The van der Waals surface area contributed by atoms with Gasteiger partial charge in [0.15, 0.2) is 11.5 Å². The van der Waals surface area contributed by atoms with Gasteiger partial charge in [-0.05, 0) is 31.2 Å². The van der Waals surface area contributed by atoms with Crippen LogP contribution in [0.1, 0.15) is 40.3 Å². The lowest BCUT2D eigenvalue weighted by molar-refractivity contribution is 0.0940. The van der Waals surface area contributed by atoms with Crippen LogP contribution >= 0.6 is 11.3 Å². The number of nitrogens with zero attached hydrogens (tertiary/aromatic N) is 7. The largest absolute Gasteiger partial charge is 0.381 e. The summed E-state index contributed by atoms with van der Waals surface area (Å²) in [5.74, 6) is 5.17. The summed E-state index contributed by atoms with van der Waals surface area (Å²) < 4.78 is 18.6. The van der Waals surface area contributed by atoms with Gasteiger partial charge in [0.05, 0.1) is 34.4 Å². The number of nitrogens with two attached hydrogens (primary N) is 1.